The third-order valence-corrected chi connectivity index (χ3v) is 8.09. The molecule has 11 nitrogen and oxygen atoms in total. The maximum Gasteiger partial charge on any atom is 0.409 e. The highest BCUT2D eigenvalue weighted by atomic mass is 35.5. The summed E-state index contributed by atoms with van der Waals surface area (Å²) < 4.78 is 35.7. The van der Waals surface area contributed by atoms with Gasteiger partial charge in [-0.05, 0) is 58.9 Å². The van der Waals surface area contributed by atoms with Crippen LogP contribution in [0.5, 0.6) is 5.75 Å². The number of aliphatic hydroxyl groups is 2. The second-order valence-electron chi connectivity index (χ2n) is 11.4. The van der Waals surface area contributed by atoms with E-state index in [9.17, 15) is 23.8 Å². The lowest BCUT2D eigenvalue weighted by Gasteiger charge is -2.55. The first kappa shape index (κ1) is 33.3. The summed E-state index contributed by atoms with van der Waals surface area (Å²) in [6.45, 7) is 6.27. The molecular formula is C30H39ClF2N6O5. The molecule has 4 N–H and O–H groups in total. The number of anilines is 1. The first-order valence-corrected chi connectivity index (χ1v) is 14.8. The van der Waals surface area contributed by atoms with E-state index in [0.717, 1.165) is 6.42 Å². The Balaban J connectivity index is 1.67. The number of piperidine rings is 1. The normalized spacial score (nSPS) is 17.3. The van der Waals surface area contributed by atoms with Gasteiger partial charge in [0.1, 0.15) is 30.0 Å². The van der Waals surface area contributed by atoms with Crippen LogP contribution in [-0.2, 0) is 4.74 Å². The second kappa shape index (κ2) is 14.0. The maximum absolute atomic E-state index is 12.6. The summed E-state index contributed by atoms with van der Waals surface area (Å²) >= 11 is 6.62. The lowest BCUT2D eigenvalue weighted by Crippen LogP contribution is -2.64. The molecule has 2 saturated heterocycles. The third kappa shape index (κ3) is 7.56. The van der Waals surface area contributed by atoms with Crippen LogP contribution in [-0.4, -0.2) is 102 Å². The lowest BCUT2D eigenvalue weighted by molar-refractivity contribution is 0.00966. The van der Waals surface area contributed by atoms with Crippen molar-refractivity contribution in [1.29, 1.82) is 5.41 Å². The summed E-state index contributed by atoms with van der Waals surface area (Å²) in [7, 11) is 1.73. The number of alkyl halides is 2. The molecule has 2 aromatic rings. The van der Waals surface area contributed by atoms with Gasteiger partial charge in [-0.25, -0.2) is 23.5 Å². The first-order valence-electron chi connectivity index (χ1n) is 14.4. The first-order chi connectivity index (χ1) is 20.8. The van der Waals surface area contributed by atoms with E-state index < -0.39 is 25.2 Å². The van der Waals surface area contributed by atoms with Gasteiger partial charge in [0.25, 0.3) is 6.43 Å². The van der Waals surface area contributed by atoms with Crippen molar-refractivity contribution < 1.29 is 33.3 Å². The quantitative estimate of drug-likeness (QED) is 0.204. The van der Waals surface area contributed by atoms with E-state index in [4.69, 9.17) is 36.5 Å². The monoisotopic (exact) mass is 636 g/mol. The van der Waals surface area contributed by atoms with Crippen molar-refractivity contribution in [2.24, 2.45) is 5.41 Å². The molecule has 0 bridgehead atoms. The summed E-state index contributed by atoms with van der Waals surface area (Å²) in [6.07, 6.45) is -2.62. The second-order valence-corrected chi connectivity index (χ2v) is 11.9. The van der Waals surface area contributed by atoms with E-state index in [1.54, 1.807) is 32.2 Å². The predicted octanol–water partition coefficient (Wildman–Crippen LogP) is 4.70. The average Bonchev–Trinajstić information content (AvgIpc) is 2.95. The van der Waals surface area contributed by atoms with Crippen molar-refractivity contribution in [2.45, 2.75) is 46.1 Å². The number of hydrogen-bond acceptors (Lipinski definition) is 10. The van der Waals surface area contributed by atoms with Crippen LogP contribution in [0.1, 0.15) is 37.9 Å². The molecule has 14 heteroatoms. The molecule has 240 valence electrons. The van der Waals surface area contributed by atoms with Crippen LogP contribution in [0.25, 0.3) is 17.0 Å². The Kier molecular flexibility index (Phi) is 10.6. The Morgan fingerprint density at radius 3 is 2.59 bits per heavy atom. The topological polar surface area (TPSA) is 144 Å². The average molecular weight is 637 g/mol. The number of amides is 1. The van der Waals surface area contributed by atoms with Crippen molar-refractivity contribution in [1.82, 2.24) is 20.2 Å². The van der Waals surface area contributed by atoms with Gasteiger partial charge < -0.3 is 40.2 Å². The molecule has 4 rings (SSSR count). The van der Waals surface area contributed by atoms with Crippen LogP contribution in [0.3, 0.4) is 0 Å². The van der Waals surface area contributed by atoms with E-state index >= 15 is 0 Å². The maximum atomic E-state index is 12.6. The van der Waals surface area contributed by atoms with Crippen molar-refractivity contribution in [3.63, 3.8) is 0 Å². The molecule has 2 aliphatic rings. The minimum atomic E-state index is -2.72. The number of aromatic nitrogens is 2. The Labute approximate surface area is 260 Å². The minimum Gasteiger partial charge on any atom is -0.512 e. The zero-order valence-corrected chi connectivity index (χ0v) is 26.0. The molecule has 1 aromatic heterocycles. The standard InChI is InChI=1S/C30H39ClF2N6O5/c1-17-26(25(18(2)34)19(3)40)36-27(22-10-21(6-7-23(22)31)43-12-20(41)11-35-4)37-28(17)39-15-30(16-39)8-5-9-38(14-30)29(42)44-13-24(32)33/h6-7,10,20,24,34-35,40-41H,5,8-9,11-16H2,1-4H3/b25-19+,34-18?/t20-/m1/s1. The smallest absolute Gasteiger partial charge is 0.409 e. The van der Waals surface area contributed by atoms with E-state index in [0.29, 0.717) is 72.6 Å². The molecule has 1 aromatic carbocycles. The Hall–Kier alpha value is -3.55. The van der Waals surface area contributed by atoms with Gasteiger partial charge >= 0.3 is 6.09 Å². The molecule has 1 amide bonds. The number of halogens is 3. The number of carbonyl (C=O) groups excluding carboxylic acids is 1. The number of likely N-dealkylation sites (N-methyl/N-ethyl adjacent to an activating group) is 1. The fourth-order valence-electron chi connectivity index (χ4n) is 5.81. The van der Waals surface area contributed by atoms with Crippen LogP contribution in [0, 0.1) is 17.7 Å². The van der Waals surface area contributed by atoms with Crippen molar-refractivity contribution >= 4 is 34.8 Å². The number of benzene rings is 1. The third-order valence-electron chi connectivity index (χ3n) is 7.76. The summed E-state index contributed by atoms with van der Waals surface area (Å²) in [6, 6.07) is 5.01. The van der Waals surface area contributed by atoms with Crippen LogP contribution in [0.15, 0.2) is 24.0 Å². The molecule has 3 heterocycles. The van der Waals surface area contributed by atoms with Gasteiger partial charge in [0.05, 0.1) is 16.3 Å². The van der Waals surface area contributed by atoms with Crippen molar-refractivity contribution in [3.05, 3.63) is 40.2 Å². The fourth-order valence-corrected chi connectivity index (χ4v) is 6.01. The van der Waals surface area contributed by atoms with Crippen LogP contribution in [0.4, 0.5) is 19.4 Å². The molecule has 0 unspecified atom stereocenters. The zero-order chi connectivity index (χ0) is 32.2. The summed E-state index contributed by atoms with van der Waals surface area (Å²) in [4.78, 5) is 25.6. The molecule has 1 atom stereocenters. The van der Waals surface area contributed by atoms with E-state index in [1.807, 2.05) is 11.8 Å². The molecule has 44 heavy (non-hydrogen) atoms. The van der Waals surface area contributed by atoms with Crippen LogP contribution < -0.4 is 15.0 Å². The Morgan fingerprint density at radius 2 is 1.95 bits per heavy atom. The van der Waals surface area contributed by atoms with Crippen LogP contribution >= 0.6 is 11.6 Å². The number of nitrogens with one attached hydrogen (secondary N) is 2. The molecule has 0 radical (unpaired) electrons. The molecule has 0 saturated carbocycles. The SMILES string of the molecule is CNC[C@@H](O)COc1ccc(Cl)c(-c2nc(/C(C(C)=N)=C(\C)O)c(C)c(N3CC4(CCCN(C(=O)OCC(F)F)C4)C3)n2)c1. The lowest BCUT2D eigenvalue weighted by atomic mass is 9.73. The minimum absolute atomic E-state index is 0.0549. The number of nitrogens with zero attached hydrogens (tertiary/aromatic N) is 4. The number of allylic oxidation sites excluding steroid dienone is 2. The molecular weight excluding hydrogens is 598 g/mol. The highest BCUT2D eigenvalue weighted by molar-refractivity contribution is 6.33. The highest BCUT2D eigenvalue weighted by Crippen LogP contribution is 2.43. The fraction of sp³-hybridized carbons (Fsp3) is 0.533. The van der Waals surface area contributed by atoms with Gasteiger partial charge in [-0.1, -0.05) is 11.6 Å². The number of hydrogen-bond donors (Lipinski definition) is 4. The van der Waals surface area contributed by atoms with Gasteiger partial charge in [0.2, 0.25) is 0 Å². The van der Waals surface area contributed by atoms with Gasteiger partial charge in [-0.2, -0.15) is 0 Å². The number of likely N-dealkylation sites (tertiary alicyclic amines) is 1. The largest absolute Gasteiger partial charge is 0.512 e. The molecule has 2 aliphatic heterocycles. The van der Waals surface area contributed by atoms with Gasteiger partial charge in [0, 0.05) is 55.0 Å². The van der Waals surface area contributed by atoms with Gasteiger partial charge in [-0.3, -0.25) is 0 Å². The van der Waals surface area contributed by atoms with Crippen molar-refractivity contribution in [3.8, 4) is 17.1 Å². The number of carbonyl (C=O) groups is 1. The predicted molar refractivity (Wildman–Crippen MR) is 164 cm³/mol. The summed E-state index contributed by atoms with van der Waals surface area (Å²) in [5.74, 6) is 1.23. The zero-order valence-electron chi connectivity index (χ0n) is 25.3. The van der Waals surface area contributed by atoms with E-state index in [1.165, 1.54) is 11.8 Å². The van der Waals surface area contributed by atoms with Crippen LogP contribution in [0.2, 0.25) is 5.02 Å². The Morgan fingerprint density at radius 1 is 1.23 bits per heavy atom. The van der Waals surface area contributed by atoms with Gasteiger partial charge in [-0.15, -0.1) is 0 Å². The van der Waals surface area contributed by atoms with Crippen molar-refractivity contribution in [2.75, 3.05) is 57.9 Å². The molecule has 0 aliphatic carbocycles. The number of ether oxygens (including phenoxy) is 2. The Bertz CT molecular complexity index is 1410. The molecule has 2 fully saturated rings. The number of aliphatic hydroxyl groups excluding tert-OH is 2. The highest BCUT2D eigenvalue weighted by Gasteiger charge is 2.48. The number of rotatable bonds is 11. The van der Waals surface area contributed by atoms with E-state index in [2.05, 4.69) is 5.32 Å². The van der Waals surface area contributed by atoms with Gasteiger partial charge in [0.15, 0.2) is 12.4 Å². The summed E-state index contributed by atoms with van der Waals surface area (Å²) in [5, 5.41) is 32.2. The molecule has 1 spiro atoms. The summed E-state index contributed by atoms with van der Waals surface area (Å²) in [5.41, 5.74) is 1.63. The van der Waals surface area contributed by atoms with E-state index in [-0.39, 0.29) is 34.9 Å².